The fraction of sp³-hybridized carbons (Fsp3) is 0.222. The number of rotatable bonds is 3. The van der Waals surface area contributed by atoms with Crippen LogP contribution in [0.3, 0.4) is 0 Å². The van der Waals surface area contributed by atoms with Gasteiger partial charge in [-0.15, -0.1) is 0 Å². The van der Waals surface area contributed by atoms with Crippen molar-refractivity contribution in [1.82, 2.24) is 0 Å². The monoisotopic (exact) mass is 298 g/mol. The second-order valence-electron chi connectivity index (χ2n) is 5.57. The van der Waals surface area contributed by atoms with Crippen LogP contribution < -0.4 is 0 Å². The Morgan fingerprint density at radius 3 is 2.05 bits per heavy atom. The summed E-state index contributed by atoms with van der Waals surface area (Å²) in [6.45, 7) is 4.02. The molecule has 0 bridgehead atoms. The molecule has 3 heteroatoms. The average molecular weight is 298 g/mol. The maximum atomic E-state index is 12.9. The second-order valence-corrected chi connectivity index (χ2v) is 7.74. The highest BCUT2D eigenvalue weighted by Crippen LogP contribution is 2.43. The van der Waals surface area contributed by atoms with Crippen LogP contribution in [0.1, 0.15) is 24.3 Å². The molecule has 21 heavy (non-hydrogen) atoms. The molecule has 1 aliphatic rings. The summed E-state index contributed by atoms with van der Waals surface area (Å²) < 4.78 is 25.8. The van der Waals surface area contributed by atoms with Crippen molar-refractivity contribution in [2.24, 2.45) is 0 Å². The number of sulfone groups is 1. The molecule has 0 aromatic heterocycles. The summed E-state index contributed by atoms with van der Waals surface area (Å²) in [5.74, 6) is 0.00362. The first-order valence-electron chi connectivity index (χ1n) is 7.09. The summed E-state index contributed by atoms with van der Waals surface area (Å²) in [5.41, 5.74) is 2.11. The summed E-state index contributed by atoms with van der Waals surface area (Å²) in [4.78, 5) is 0.408. The van der Waals surface area contributed by atoms with Crippen LogP contribution in [0, 0.1) is 0 Å². The first-order chi connectivity index (χ1) is 10.1. The smallest absolute Gasteiger partial charge is 0.182 e. The van der Waals surface area contributed by atoms with E-state index in [4.69, 9.17) is 0 Å². The van der Waals surface area contributed by atoms with Crippen LogP contribution in [0.4, 0.5) is 0 Å². The summed E-state index contributed by atoms with van der Waals surface area (Å²) in [6.07, 6.45) is 1.30. The van der Waals surface area contributed by atoms with E-state index in [1.165, 1.54) is 0 Å². The van der Waals surface area contributed by atoms with Gasteiger partial charge in [-0.25, -0.2) is 8.42 Å². The Kier molecular flexibility index (Phi) is 3.68. The van der Waals surface area contributed by atoms with E-state index in [-0.39, 0.29) is 5.92 Å². The van der Waals surface area contributed by atoms with Gasteiger partial charge in [-0.3, -0.25) is 0 Å². The van der Waals surface area contributed by atoms with Crippen molar-refractivity contribution in [3.05, 3.63) is 78.4 Å². The first-order valence-corrected chi connectivity index (χ1v) is 8.64. The highest BCUT2D eigenvalue weighted by Gasteiger charge is 2.40. The van der Waals surface area contributed by atoms with E-state index in [0.29, 0.717) is 11.3 Å². The zero-order valence-corrected chi connectivity index (χ0v) is 12.6. The number of allylic oxidation sites excluding steroid dienone is 1. The molecule has 1 fully saturated rings. The zero-order chi connectivity index (χ0) is 14.9. The normalized spacial score (nSPS) is 22.4. The van der Waals surface area contributed by atoms with Gasteiger partial charge < -0.3 is 0 Å². The van der Waals surface area contributed by atoms with Gasteiger partial charge in [0.15, 0.2) is 9.84 Å². The maximum absolute atomic E-state index is 12.9. The minimum absolute atomic E-state index is 0.00362. The first kappa shape index (κ1) is 14.1. The molecule has 3 rings (SSSR count). The summed E-state index contributed by atoms with van der Waals surface area (Å²) in [5, 5.41) is -0.408. The zero-order valence-electron chi connectivity index (χ0n) is 11.8. The van der Waals surface area contributed by atoms with Gasteiger partial charge in [0.25, 0.3) is 0 Å². The largest absolute Gasteiger partial charge is 0.223 e. The van der Waals surface area contributed by atoms with Crippen LogP contribution in [0.5, 0.6) is 0 Å². The van der Waals surface area contributed by atoms with Gasteiger partial charge in [0.1, 0.15) is 0 Å². The Bertz CT molecular complexity index is 733. The standard InChI is InChI=1S/C18H18O2S/c1-14-12-17(15-8-4-2-5-9-15)18(13-14)21(19,20)16-10-6-3-7-11-16/h2-11,17-18H,1,12-13H2/t17-,18+/m1/s1. The molecule has 2 aromatic rings. The lowest BCUT2D eigenvalue weighted by Gasteiger charge is -2.20. The molecule has 0 heterocycles. The molecule has 2 nitrogen and oxygen atoms in total. The van der Waals surface area contributed by atoms with Crippen LogP contribution in [0.25, 0.3) is 0 Å². The third-order valence-electron chi connectivity index (χ3n) is 4.15. The molecule has 0 radical (unpaired) electrons. The molecule has 0 aliphatic heterocycles. The topological polar surface area (TPSA) is 34.1 Å². The van der Waals surface area contributed by atoms with Crippen molar-refractivity contribution >= 4 is 9.84 Å². The number of hydrogen-bond donors (Lipinski definition) is 0. The Balaban J connectivity index is 2.02. The molecule has 0 unspecified atom stereocenters. The van der Waals surface area contributed by atoms with Crippen LogP contribution in [-0.4, -0.2) is 13.7 Å². The fourth-order valence-corrected chi connectivity index (χ4v) is 5.12. The van der Waals surface area contributed by atoms with Crippen LogP contribution in [0.15, 0.2) is 77.7 Å². The molecular weight excluding hydrogens is 280 g/mol. The van der Waals surface area contributed by atoms with Crippen molar-refractivity contribution in [3.63, 3.8) is 0 Å². The minimum atomic E-state index is -3.33. The highest BCUT2D eigenvalue weighted by molar-refractivity contribution is 7.92. The van der Waals surface area contributed by atoms with Crippen molar-refractivity contribution < 1.29 is 8.42 Å². The predicted molar refractivity (Wildman–Crippen MR) is 85.0 cm³/mol. The van der Waals surface area contributed by atoms with E-state index < -0.39 is 15.1 Å². The Labute approximate surface area is 126 Å². The second kappa shape index (κ2) is 5.49. The molecule has 0 saturated heterocycles. The van der Waals surface area contributed by atoms with Crippen LogP contribution >= 0.6 is 0 Å². The van der Waals surface area contributed by atoms with Crippen molar-refractivity contribution in [3.8, 4) is 0 Å². The van der Waals surface area contributed by atoms with Gasteiger partial charge in [0, 0.05) is 5.92 Å². The van der Waals surface area contributed by atoms with Gasteiger partial charge in [0.2, 0.25) is 0 Å². The highest BCUT2D eigenvalue weighted by atomic mass is 32.2. The van der Waals surface area contributed by atoms with Gasteiger partial charge in [-0.05, 0) is 30.5 Å². The lowest BCUT2D eigenvalue weighted by molar-refractivity contribution is 0.569. The Morgan fingerprint density at radius 2 is 1.43 bits per heavy atom. The van der Waals surface area contributed by atoms with E-state index in [1.807, 2.05) is 36.4 Å². The molecule has 0 amide bonds. The molecular formula is C18H18O2S. The predicted octanol–water partition coefficient (Wildman–Crippen LogP) is 3.96. The molecule has 0 N–H and O–H groups in total. The van der Waals surface area contributed by atoms with Crippen molar-refractivity contribution in [1.29, 1.82) is 0 Å². The lowest BCUT2D eigenvalue weighted by atomic mass is 9.97. The quantitative estimate of drug-likeness (QED) is 0.804. The van der Waals surface area contributed by atoms with Crippen molar-refractivity contribution in [2.75, 3.05) is 0 Å². The molecule has 108 valence electrons. The van der Waals surface area contributed by atoms with E-state index in [0.717, 1.165) is 17.6 Å². The summed E-state index contributed by atoms with van der Waals surface area (Å²) >= 11 is 0. The maximum Gasteiger partial charge on any atom is 0.182 e. The van der Waals surface area contributed by atoms with Crippen LogP contribution in [-0.2, 0) is 9.84 Å². The molecule has 1 saturated carbocycles. The van der Waals surface area contributed by atoms with Gasteiger partial charge >= 0.3 is 0 Å². The van der Waals surface area contributed by atoms with E-state index in [1.54, 1.807) is 24.3 Å². The fourth-order valence-electron chi connectivity index (χ4n) is 3.10. The van der Waals surface area contributed by atoms with Gasteiger partial charge in [0.05, 0.1) is 10.1 Å². The molecule has 1 aliphatic carbocycles. The Hall–Kier alpha value is -1.87. The average Bonchev–Trinajstić information content (AvgIpc) is 2.92. The lowest BCUT2D eigenvalue weighted by Crippen LogP contribution is -2.24. The third-order valence-corrected chi connectivity index (χ3v) is 6.37. The van der Waals surface area contributed by atoms with Gasteiger partial charge in [-0.1, -0.05) is 60.7 Å². The van der Waals surface area contributed by atoms with Gasteiger partial charge in [-0.2, -0.15) is 0 Å². The van der Waals surface area contributed by atoms with E-state index in [9.17, 15) is 8.42 Å². The molecule has 0 spiro atoms. The summed E-state index contributed by atoms with van der Waals surface area (Å²) in [6, 6.07) is 18.6. The minimum Gasteiger partial charge on any atom is -0.223 e. The SMILES string of the molecule is C=C1C[C@H](c2ccccc2)[C@@H](S(=O)(=O)c2ccccc2)C1. The number of hydrogen-bond acceptors (Lipinski definition) is 2. The summed E-state index contributed by atoms with van der Waals surface area (Å²) in [7, 11) is -3.33. The molecule has 2 aromatic carbocycles. The van der Waals surface area contributed by atoms with E-state index >= 15 is 0 Å². The molecule has 2 atom stereocenters. The number of benzene rings is 2. The van der Waals surface area contributed by atoms with Crippen molar-refractivity contribution in [2.45, 2.75) is 28.9 Å². The third kappa shape index (κ3) is 2.66. The van der Waals surface area contributed by atoms with E-state index in [2.05, 4.69) is 6.58 Å². The Morgan fingerprint density at radius 1 is 0.857 bits per heavy atom. The van der Waals surface area contributed by atoms with Crippen LogP contribution in [0.2, 0.25) is 0 Å².